The first kappa shape index (κ1) is 23.5. The van der Waals surface area contributed by atoms with E-state index < -0.39 is 12.0 Å². The lowest BCUT2D eigenvalue weighted by Gasteiger charge is -2.34. The SMILES string of the molecule is CCOCC1CN(c2cc(N3CCCN(c4ccncc4)CC3)nc(C(F)(F)F)n2)CCO1. The van der Waals surface area contributed by atoms with E-state index in [1.54, 1.807) is 18.5 Å². The van der Waals surface area contributed by atoms with Crippen molar-refractivity contribution >= 4 is 17.3 Å². The summed E-state index contributed by atoms with van der Waals surface area (Å²) in [5.74, 6) is -0.540. The second kappa shape index (κ2) is 10.5. The molecule has 4 heterocycles. The molecule has 180 valence electrons. The molecule has 11 heteroatoms. The molecule has 2 aliphatic rings. The smallest absolute Gasteiger partial charge is 0.379 e. The second-order valence-electron chi connectivity index (χ2n) is 8.04. The number of hydrogen-bond donors (Lipinski definition) is 0. The summed E-state index contributed by atoms with van der Waals surface area (Å²) >= 11 is 0. The van der Waals surface area contributed by atoms with Gasteiger partial charge in [-0.2, -0.15) is 13.2 Å². The van der Waals surface area contributed by atoms with E-state index in [-0.39, 0.29) is 11.9 Å². The Bertz CT molecular complexity index is 901. The Morgan fingerprint density at radius 3 is 2.42 bits per heavy atom. The first-order valence-corrected chi connectivity index (χ1v) is 11.2. The van der Waals surface area contributed by atoms with Crippen LogP contribution in [0.4, 0.5) is 30.5 Å². The number of hydrogen-bond acceptors (Lipinski definition) is 8. The van der Waals surface area contributed by atoms with Gasteiger partial charge >= 0.3 is 6.18 Å². The summed E-state index contributed by atoms with van der Waals surface area (Å²) in [5, 5.41) is 0. The molecule has 0 N–H and O–H groups in total. The van der Waals surface area contributed by atoms with Gasteiger partial charge in [0.25, 0.3) is 0 Å². The molecule has 1 atom stereocenters. The van der Waals surface area contributed by atoms with Gasteiger partial charge in [-0.1, -0.05) is 0 Å². The minimum absolute atomic E-state index is 0.210. The van der Waals surface area contributed by atoms with Gasteiger partial charge in [-0.15, -0.1) is 0 Å². The van der Waals surface area contributed by atoms with Crippen LogP contribution in [0.5, 0.6) is 0 Å². The van der Waals surface area contributed by atoms with Gasteiger partial charge in [0.15, 0.2) is 0 Å². The van der Waals surface area contributed by atoms with Crippen molar-refractivity contribution in [3.63, 3.8) is 0 Å². The lowest BCUT2D eigenvalue weighted by molar-refractivity contribution is -0.144. The number of alkyl halides is 3. The monoisotopic (exact) mass is 466 g/mol. The third kappa shape index (κ3) is 6.02. The molecular formula is C22H29F3N6O2. The fourth-order valence-electron chi connectivity index (χ4n) is 4.11. The lowest BCUT2D eigenvalue weighted by atomic mass is 10.2. The molecule has 0 aromatic carbocycles. The average Bonchev–Trinajstić information content (AvgIpc) is 3.09. The Hall–Kier alpha value is -2.66. The minimum Gasteiger partial charge on any atom is -0.379 e. The quantitative estimate of drug-likeness (QED) is 0.644. The molecule has 2 aromatic rings. The number of aromatic nitrogens is 3. The van der Waals surface area contributed by atoms with E-state index in [0.717, 1.165) is 18.7 Å². The number of rotatable bonds is 6. The Balaban J connectivity index is 1.55. The van der Waals surface area contributed by atoms with Crippen LogP contribution in [0.3, 0.4) is 0 Å². The molecule has 1 unspecified atom stereocenters. The first-order chi connectivity index (χ1) is 15.9. The molecule has 0 radical (unpaired) electrons. The highest BCUT2D eigenvalue weighted by Gasteiger charge is 2.37. The molecule has 0 amide bonds. The highest BCUT2D eigenvalue weighted by atomic mass is 19.4. The summed E-state index contributed by atoms with van der Waals surface area (Å²) in [6.07, 6.45) is -0.552. The second-order valence-corrected chi connectivity index (χ2v) is 8.04. The van der Waals surface area contributed by atoms with E-state index >= 15 is 0 Å². The molecule has 0 spiro atoms. The number of nitrogens with zero attached hydrogens (tertiary/aromatic N) is 6. The molecule has 0 aliphatic carbocycles. The molecule has 0 bridgehead atoms. The predicted molar refractivity (Wildman–Crippen MR) is 119 cm³/mol. The molecule has 33 heavy (non-hydrogen) atoms. The number of halogens is 3. The molecule has 2 saturated heterocycles. The van der Waals surface area contributed by atoms with Crippen molar-refractivity contribution in [2.45, 2.75) is 25.6 Å². The maximum atomic E-state index is 13.7. The van der Waals surface area contributed by atoms with Gasteiger partial charge in [0.2, 0.25) is 5.82 Å². The van der Waals surface area contributed by atoms with Gasteiger partial charge in [0, 0.05) is 70.0 Å². The van der Waals surface area contributed by atoms with Gasteiger partial charge in [0.05, 0.1) is 19.3 Å². The van der Waals surface area contributed by atoms with Gasteiger partial charge < -0.3 is 24.2 Å². The molecule has 2 aromatic heterocycles. The van der Waals surface area contributed by atoms with E-state index in [1.165, 1.54) is 0 Å². The number of pyridine rings is 1. The van der Waals surface area contributed by atoms with Gasteiger partial charge in [-0.3, -0.25) is 4.98 Å². The topological polar surface area (TPSA) is 66.9 Å². The van der Waals surface area contributed by atoms with Crippen LogP contribution in [0.15, 0.2) is 30.6 Å². The van der Waals surface area contributed by atoms with Crippen LogP contribution < -0.4 is 14.7 Å². The summed E-state index contributed by atoms with van der Waals surface area (Å²) in [6, 6.07) is 5.55. The van der Waals surface area contributed by atoms with Crippen molar-refractivity contribution in [2.24, 2.45) is 0 Å². The van der Waals surface area contributed by atoms with Crippen molar-refractivity contribution in [1.29, 1.82) is 0 Å². The van der Waals surface area contributed by atoms with Crippen LogP contribution in [-0.2, 0) is 15.7 Å². The van der Waals surface area contributed by atoms with Gasteiger partial charge in [-0.05, 0) is 25.5 Å². The van der Waals surface area contributed by atoms with Crippen molar-refractivity contribution < 1.29 is 22.6 Å². The summed E-state index contributed by atoms with van der Waals surface area (Å²) in [4.78, 5) is 17.8. The predicted octanol–water partition coefficient (Wildman–Crippen LogP) is 2.85. The summed E-state index contributed by atoms with van der Waals surface area (Å²) < 4.78 is 52.1. The zero-order valence-electron chi connectivity index (χ0n) is 18.7. The Morgan fingerprint density at radius 1 is 1.00 bits per heavy atom. The fraction of sp³-hybridized carbons (Fsp3) is 0.591. The minimum atomic E-state index is -4.63. The van der Waals surface area contributed by atoms with Gasteiger partial charge in [0.1, 0.15) is 11.6 Å². The summed E-state index contributed by atoms with van der Waals surface area (Å²) in [7, 11) is 0. The van der Waals surface area contributed by atoms with Crippen molar-refractivity contribution in [1.82, 2.24) is 15.0 Å². The largest absolute Gasteiger partial charge is 0.451 e. The van der Waals surface area contributed by atoms with Crippen LogP contribution in [0, 0.1) is 0 Å². The number of morpholine rings is 1. The Morgan fingerprint density at radius 2 is 1.70 bits per heavy atom. The number of anilines is 3. The highest BCUT2D eigenvalue weighted by Crippen LogP contribution is 2.31. The molecular weight excluding hydrogens is 437 g/mol. The Labute approximate surface area is 191 Å². The fourth-order valence-corrected chi connectivity index (χ4v) is 4.11. The van der Waals surface area contributed by atoms with E-state index in [9.17, 15) is 13.2 Å². The Kier molecular flexibility index (Phi) is 7.49. The third-order valence-electron chi connectivity index (χ3n) is 5.77. The zero-order chi connectivity index (χ0) is 23.3. The normalized spacial score (nSPS) is 20.1. The first-order valence-electron chi connectivity index (χ1n) is 11.2. The zero-order valence-corrected chi connectivity index (χ0v) is 18.7. The van der Waals surface area contributed by atoms with Crippen LogP contribution in [-0.4, -0.2) is 80.1 Å². The van der Waals surface area contributed by atoms with E-state index in [0.29, 0.717) is 58.4 Å². The molecule has 2 fully saturated rings. The maximum Gasteiger partial charge on any atom is 0.451 e. The average molecular weight is 467 g/mol. The molecule has 2 aliphatic heterocycles. The van der Waals surface area contributed by atoms with Crippen LogP contribution >= 0.6 is 0 Å². The molecule has 8 nitrogen and oxygen atoms in total. The van der Waals surface area contributed by atoms with Crippen LogP contribution in [0.2, 0.25) is 0 Å². The van der Waals surface area contributed by atoms with Gasteiger partial charge in [-0.25, -0.2) is 9.97 Å². The van der Waals surface area contributed by atoms with Crippen molar-refractivity contribution in [2.75, 3.05) is 73.8 Å². The summed E-state index contributed by atoms with van der Waals surface area (Å²) in [5.41, 5.74) is 1.06. The standard InChI is InChI=1S/C22H29F3N6O2/c1-2-32-16-18-15-31(12-13-33-18)20-14-19(27-21(28-20)22(23,24)25)30-9-3-8-29(10-11-30)17-4-6-26-7-5-17/h4-7,14,18H,2-3,8-13,15-16H2,1H3. The van der Waals surface area contributed by atoms with Crippen LogP contribution in [0.25, 0.3) is 0 Å². The lowest BCUT2D eigenvalue weighted by Crippen LogP contribution is -2.45. The molecule has 0 saturated carbocycles. The number of ether oxygens (including phenoxy) is 2. The summed E-state index contributed by atoms with van der Waals surface area (Å²) in [6.45, 7) is 6.81. The molecule has 4 rings (SSSR count). The highest BCUT2D eigenvalue weighted by molar-refractivity contribution is 5.53. The van der Waals surface area contributed by atoms with E-state index in [4.69, 9.17) is 9.47 Å². The van der Waals surface area contributed by atoms with E-state index in [1.807, 2.05) is 28.9 Å². The van der Waals surface area contributed by atoms with E-state index in [2.05, 4.69) is 19.9 Å². The van der Waals surface area contributed by atoms with Crippen molar-refractivity contribution in [3.05, 3.63) is 36.4 Å². The van der Waals surface area contributed by atoms with Crippen molar-refractivity contribution in [3.8, 4) is 0 Å². The van der Waals surface area contributed by atoms with Crippen LogP contribution in [0.1, 0.15) is 19.2 Å². The maximum absolute atomic E-state index is 13.7. The third-order valence-corrected chi connectivity index (χ3v) is 5.77.